The molecule has 0 spiro atoms. The molecule has 0 aliphatic heterocycles. The lowest BCUT2D eigenvalue weighted by Crippen LogP contribution is -2.31. The maximum Gasteiger partial charge on any atom is 0.0963 e. The normalized spacial score (nSPS) is 11.7. The van der Waals surface area contributed by atoms with Gasteiger partial charge in [0.05, 0.1) is 16.6 Å². The molecule has 1 rings (SSSR count). The quantitative estimate of drug-likeness (QED) is 0.613. The topological polar surface area (TPSA) is 67.7 Å². The van der Waals surface area contributed by atoms with Crippen molar-refractivity contribution in [3.8, 4) is 0 Å². The second-order valence-corrected chi connectivity index (χ2v) is 4.78. The molecule has 3 N–H and O–H groups in total. The number of nitrogens with two attached hydrogens (primary N) is 1. The molecule has 15 heavy (non-hydrogen) atoms. The average Bonchev–Trinajstić information content (AvgIpc) is 2.43. The van der Waals surface area contributed by atoms with Crippen molar-refractivity contribution in [2.75, 3.05) is 0 Å². The van der Waals surface area contributed by atoms with Crippen LogP contribution in [0, 0.1) is 17.7 Å². The van der Waals surface area contributed by atoms with Crippen LogP contribution >= 0.6 is 11.6 Å². The van der Waals surface area contributed by atoms with E-state index in [-0.39, 0.29) is 11.3 Å². The van der Waals surface area contributed by atoms with Crippen molar-refractivity contribution in [1.82, 2.24) is 9.78 Å². The number of aromatic nitrogens is 2. The standard InChI is InChI=1S/C10H17ClN4/c1-7-8(11)6-15(14-7)5-4-10(2,3)9(12)13/h6H,4-5H2,1-3H3,(H3,12,13). The van der Waals surface area contributed by atoms with Gasteiger partial charge in [0.15, 0.2) is 0 Å². The minimum atomic E-state index is -0.285. The zero-order valence-electron chi connectivity index (χ0n) is 9.34. The summed E-state index contributed by atoms with van der Waals surface area (Å²) in [6.45, 7) is 6.50. The van der Waals surface area contributed by atoms with Crippen LogP contribution in [0.5, 0.6) is 0 Å². The zero-order chi connectivity index (χ0) is 11.6. The molecule has 0 saturated carbocycles. The number of nitrogens with zero attached hydrogens (tertiary/aromatic N) is 2. The Morgan fingerprint density at radius 2 is 2.27 bits per heavy atom. The lowest BCUT2D eigenvalue weighted by molar-refractivity contribution is 0.411. The Balaban J connectivity index is 2.61. The Hall–Kier alpha value is -1.03. The molecular formula is C10H17ClN4. The monoisotopic (exact) mass is 228 g/mol. The summed E-state index contributed by atoms with van der Waals surface area (Å²) in [6, 6.07) is 0. The number of aryl methyl sites for hydroxylation is 2. The van der Waals surface area contributed by atoms with Gasteiger partial charge in [-0.1, -0.05) is 25.4 Å². The second kappa shape index (κ2) is 4.23. The molecule has 0 aliphatic rings. The molecule has 1 heterocycles. The van der Waals surface area contributed by atoms with E-state index in [0.717, 1.165) is 18.7 Å². The molecule has 0 aromatic carbocycles. The first-order chi connectivity index (χ1) is 6.83. The molecule has 0 saturated heterocycles. The summed E-state index contributed by atoms with van der Waals surface area (Å²) < 4.78 is 1.79. The van der Waals surface area contributed by atoms with Gasteiger partial charge in [-0.3, -0.25) is 10.1 Å². The van der Waals surface area contributed by atoms with E-state index in [1.54, 1.807) is 10.9 Å². The average molecular weight is 229 g/mol. The van der Waals surface area contributed by atoms with Crippen LogP contribution in [0.2, 0.25) is 5.02 Å². The van der Waals surface area contributed by atoms with Crippen molar-refractivity contribution in [3.63, 3.8) is 0 Å². The number of rotatable bonds is 4. The van der Waals surface area contributed by atoms with Crippen molar-refractivity contribution in [3.05, 3.63) is 16.9 Å². The summed E-state index contributed by atoms with van der Waals surface area (Å²) in [5.74, 6) is 0.206. The van der Waals surface area contributed by atoms with Gasteiger partial charge in [0.1, 0.15) is 0 Å². The Bertz CT molecular complexity index is 348. The van der Waals surface area contributed by atoms with Gasteiger partial charge >= 0.3 is 0 Å². The van der Waals surface area contributed by atoms with Crippen LogP contribution in [0.15, 0.2) is 6.20 Å². The van der Waals surface area contributed by atoms with Gasteiger partial charge in [-0.05, 0) is 13.3 Å². The fourth-order valence-electron chi connectivity index (χ4n) is 1.14. The zero-order valence-corrected chi connectivity index (χ0v) is 10.1. The van der Waals surface area contributed by atoms with E-state index in [1.165, 1.54) is 0 Å². The molecule has 1 aromatic rings. The second-order valence-electron chi connectivity index (χ2n) is 4.37. The summed E-state index contributed by atoms with van der Waals surface area (Å²) in [7, 11) is 0. The van der Waals surface area contributed by atoms with Gasteiger partial charge in [0.2, 0.25) is 0 Å². The van der Waals surface area contributed by atoms with E-state index in [2.05, 4.69) is 5.10 Å². The van der Waals surface area contributed by atoms with E-state index >= 15 is 0 Å². The van der Waals surface area contributed by atoms with Crippen molar-refractivity contribution in [2.45, 2.75) is 33.7 Å². The van der Waals surface area contributed by atoms with Crippen LogP contribution in [-0.4, -0.2) is 15.6 Å². The first-order valence-electron chi connectivity index (χ1n) is 4.87. The van der Waals surface area contributed by atoms with Gasteiger partial charge in [0, 0.05) is 18.2 Å². The summed E-state index contributed by atoms with van der Waals surface area (Å²) in [4.78, 5) is 0. The third-order valence-corrected chi connectivity index (χ3v) is 2.95. The third-order valence-electron chi connectivity index (χ3n) is 2.58. The van der Waals surface area contributed by atoms with Crippen LogP contribution in [0.3, 0.4) is 0 Å². The highest BCUT2D eigenvalue weighted by atomic mass is 35.5. The minimum absolute atomic E-state index is 0.206. The van der Waals surface area contributed by atoms with E-state index in [9.17, 15) is 0 Å². The molecule has 0 bridgehead atoms. The summed E-state index contributed by atoms with van der Waals surface area (Å²) in [5.41, 5.74) is 6.04. The molecule has 5 heteroatoms. The third kappa shape index (κ3) is 2.96. The predicted octanol–water partition coefficient (Wildman–Crippen LogP) is 2.20. The number of halogens is 1. The molecule has 84 valence electrons. The molecule has 0 fully saturated rings. The van der Waals surface area contributed by atoms with Gasteiger partial charge < -0.3 is 5.73 Å². The fourth-order valence-corrected chi connectivity index (χ4v) is 1.29. The lowest BCUT2D eigenvalue weighted by Gasteiger charge is -2.22. The smallest absolute Gasteiger partial charge is 0.0963 e. The van der Waals surface area contributed by atoms with Crippen LogP contribution < -0.4 is 5.73 Å². The number of nitrogens with one attached hydrogen (secondary N) is 1. The molecular weight excluding hydrogens is 212 g/mol. The largest absolute Gasteiger partial charge is 0.387 e. The number of hydrogen-bond acceptors (Lipinski definition) is 2. The molecule has 0 radical (unpaired) electrons. The molecule has 0 atom stereocenters. The number of hydrogen-bond donors (Lipinski definition) is 2. The highest BCUT2D eigenvalue weighted by Gasteiger charge is 2.21. The maximum absolute atomic E-state index is 7.43. The SMILES string of the molecule is Cc1nn(CCC(C)(C)C(=N)N)cc1Cl. The molecule has 0 aliphatic carbocycles. The lowest BCUT2D eigenvalue weighted by atomic mass is 9.88. The highest BCUT2D eigenvalue weighted by Crippen LogP contribution is 2.21. The van der Waals surface area contributed by atoms with Crippen LogP contribution in [0.25, 0.3) is 0 Å². The van der Waals surface area contributed by atoms with Gasteiger partial charge in [0.25, 0.3) is 0 Å². The summed E-state index contributed by atoms with van der Waals surface area (Å²) >= 11 is 5.89. The highest BCUT2D eigenvalue weighted by molar-refractivity contribution is 6.31. The van der Waals surface area contributed by atoms with Crippen LogP contribution in [0.4, 0.5) is 0 Å². The van der Waals surface area contributed by atoms with Gasteiger partial charge in [-0.25, -0.2) is 0 Å². The Morgan fingerprint density at radius 3 is 2.67 bits per heavy atom. The van der Waals surface area contributed by atoms with E-state index in [4.69, 9.17) is 22.7 Å². The van der Waals surface area contributed by atoms with Crippen LogP contribution in [-0.2, 0) is 6.54 Å². The van der Waals surface area contributed by atoms with E-state index in [0.29, 0.717) is 5.02 Å². The number of amidine groups is 1. The van der Waals surface area contributed by atoms with Gasteiger partial charge in [-0.2, -0.15) is 5.10 Å². The molecule has 1 aromatic heterocycles. The van der Waals surface area contributed by atoms with E-state index in [1.807, 2.05) is 20.8 Å². The van der Waals surface area contributed by atoms with E-state index < -0.39 is 0 Å². The first kappa shape index (κ1) is 12.0. The van der Waals surface area contributed by atoms with Crippen LogP contribution in [0.1, 0.15) is 26.0 Å². The predicted molar refractivity (Wildman–Crippen MR) is 62.3 cm³/mol. The Labute approximate surface area is 94.9 Å². The Kier molecular flexibility index (Phi) is 3.39. The van der Waals surface area contributed by atoms with Crippen molar-refractivity contribution in [1.29, 1.82) is 5.41 Å². The molecule has 4 nitrogen and oxygen atoms in total. The summed E-state index contributed by atoms with van der Waals surface area (Å²) in [6.07, 6.45) is 2.58. The molecule has 0 amide bonds. The molecule has 0 unspecified atom stereocenters. The minimum Gasteiger partial charge on any atom is -0.387 e. The first-order valence-corrected chi connectivity index (χ1v) is 5.25. The van der Waals surface area contributed by atoms with Gasteiger partial charge in [-0.15, -0.1) is 0 Å². The Morgan fingerprint density at radius 1 is 1.67 bits per heavy atom. The maximum atomic E-state index is 7.43. The van der Waals surface area contributed by atoms with Crippen molar-refractivity contribution >= 4 is 17.4 Å². The summed E-state index contributed by atoms with van der Waals surface area (Å²) in [5, 5.41) is 12.4. The van der Waals surface area contributed by atoms with Crippen molar-refractivity contribution < 1.29 is 0 Å². The van der Waals surface area contributed by atoms with Crippen molar-refractivity contribution in [2.24, 2.45) is 11.1 Å². The fraction of sp³-hybridized carbons (Fsp3) is 0.600.